The van der Waals surface area contributed by atoms with E-state index in [1.807, 2.05) is 66.7 Å². The van der Waals surface area contributed by atoms with Crippen molar-refractivity contribution in [2.45, 2.75) is 6.54 Å². The number of carbonyl (C=O) groups is 1. The van der Waals surface area contributed by atoms with Crippen LogP contribution in [0.4, 0.5) is 10.5 Å². The molecule has 0 saturated carbocycles. The Balaban J connectivity index is 1.56. The first kappa shape index (κ1) is 13.9. The van der Waals surface area contributed by atoms with Gasteiger partial charge < -0.3 is 15.2 Å². The van der Waals surface area contributed by atoms with Gasteiger partial charge in [-0.05, 0) is 12.1 Å². The third-order valence-corrected chi connectivity index (χ3v) is 3.08. The number of carbonyl (C=O) groups excluding carboxylic acids is 1. The standard InChI is InChI=1S/C17H15N3O2/c21-17(19-14-9-5-2-6-10-14)18-12-15-11-16(22-20-15)13-7-3-1-4-8-13/h1-11H,12H2,(H2,18,19,21). The Bertz CT molecular complexity index is 739. The molecule has 3 aromatic rings. The van der Waals surface area contributed by atoms with Gasteiger partial charge in [0.2, 0.25) is 0 Å². The fourth-order valence-corrected chi connectivity index (χ4v) is 2.00. The second kappa shape index (κ2) is 6.58. The predicted molar refractivity (Wildman–Crippen MR) is 84.2 cm³/mol. The molecule has 0 unspecified atom stereocenters. The van der Waals surface area contributed by atoms with Crippen LogP contribution in [0.15, 0.2) is 71.3 Å². The molecule has 0 saturated heterocycles. The van der Waals surface area contributed by atoms with Crippen LogP contribution in [0.25, 0.3) is 11.3 Å². The summed E-state index contributed by atoms with van der Waals surface area (Å²) in [6.07, 6.45) is 0. The van der Waals surface area contributed by atoms with Gasteiger partial charge in [-0.15, -0.1) is 0 Å². The first-order valence-corrected chi connectivity index (χ1v) is 6.92. The average Bonchev–Trinajstić information content (AvgIpc) is 3.04. The highest BCUT2D eigenvalue weighted by molar-refractivity contribution is 5.89. The van der Waals surface area contributed by atoms with E-state index in [1.54, 1.807) is 0 Å². The van der Waals surface area contributed by atoms with E-state index < -0.39 is 0 Å². The fraction of sp³-hybridized carbons (Fsp3) is 0.0588. The zero-order valence-electron chi connectivity index (χ0n) is 11.8. The van der Waals surface area contributed by atoms with Crippen LogP contribution in [0.5, 0.6) is 0 Å². The molecule has 2 N–H and O–H groups in total. The second-order valence-corrected chi connectivity index (χ2v) is 4.72. The maximum Gasteiger partial charge on any atom is 0.319 e. The molecule has 5 nitrogen and oxygen atoms in total. The maximum absolute atomic E-state index is 11.8. The van der Waals surface area contributed by atoms with E-state index in [4.69, 9.17) is 4.52 Å². The zero-order chi connectivity index (χ0) is 15.2. The molecule has 0 aliphatic rings. The normalized spacial score (nSPS) is 10.2. The Kier molecular flexibility index (Phi) is 4.15. The van der Waals surface area contributed by atoms with Crippen molar-refractivity contribution < 1.29 is 9.32 Å². The molecular formula is C17H15N3O2. The lowest BCUT2D eigenvalue weighted by Crippen LogP contribution is -2.28. The molecule has 1 aromatic heterocycles. The molecule has 0 fully saturated rings. The molecule has 2 aromatic carbocycles. The van der Waals surface area contributed by atoms with E-state index in [0.29, 0.717) is 18.0 Å². The molecular weight excluding hydrogens is 278 g/mol. The summed E-state index contributed by atoms with van der Waals surface area (Å²) in [6.45, 7) is 0.301. The number of hydrogen-bond acceptors (Lipinski definition) is 3. The highest BCUT2D eigenvalue weighted by Gasteiger charge is 2.07. The van der Waals surface area contributed by atoms with Gasteiger partial charge in [-0.1, -0.05) is 53.7 Å². The number of hydrogen-bond donors (Lipinski definition) is 2. The summed E-state index contributed by atoms with van der Waals surface area (Å²) in [4.78, 5) is 11.8. The van der Waals surface area contributed by atoms with Crippen LogP contribution in [0, 0.1) is 0 Å². The number of rotatable bonds is 4. The van der Waals surface area contributed by atoms with Crippen LogP contribution in [-0.2, 0) is 6.54 Å². The van der Waals surface area contributed by atoms with Gasteiger partial charge in [0.05, 0.1) is 6.54 Å². The molecule has 5 heteroatoms. The monoisotopic (exact) mass is 293 g/mol. The molecule has 0 atom stereocenters. The lowest BCUT2D eigenvalue weighted by molar-refractivity contribution is 0.251. The van der Waals surface area contributed by atoms with Gasteiger partial charge in [0.1, 0.15) is 5.69 Å². The first-order chi connectivity index (χ1) is 10.8. The van der Waals surface area contributed by atoms with Crippen molar-refractivity contribution in [3.8, 4) is 11.3 Å². The summed E-state index contributed by atoms with van der Waals surface area (Å²) in [5.41, 5.74) is 2.36. The van der Waals surface area contributed by atoms with Crippen LogP contribution >= 0.6 is 0 Å². The van der Waals surface area contributed by atoms with Gasteiger partial charge in [-0.2, -0.15) is 0 Å². The second-order valence-electron chi connectivity index (χ2n) is 4.72. The van der Waals surface area contributed by atoms with Crippen molar-refractivity contribution in [3.63, 3.8) is 0 Å². The third kappa shape index (κ3) is 3.52. The SMILES string of the molecule is O=C(NCc1cc(-c2ccccc2)on1)Nc1ccccc1. The Morgan fingerprint density at radius 3 is 2.41 bits per heavy atom. The van der Waals surface area contributed by atoms with E-state index in [-0.39, 0.29) is 6.03 Å². The third-order valence-electron chi connectivity index (χ3n) is 3.08. The van der Waals surface area contributed by atoms with Gasteiger partial charge in [-0.25, -0.2) is 4.79 Å². The molecule has 1 heterocycles. The molecule has 0 aliphatic carbocycles. The van der Waals surface area contributed by atoms with Gasteiger partial charge in [0.25, 0.3) is 0 Å². The number of nitrogens with zero attached hydrogens (tertiary/aromatic N) is 1. The molecule has 0 aliphatic heterocycles. The van der Waals surface area contributed by atoms with E-state index in [9.17, 15) is 4.79 Å². The fourth-order valence-electron chi connectivity index (χ4n) is 2.00. The minimum atomic E-state index is -0.282. The number of benzene rings is 2. The summed E-state index contributed by atoms with van der Waals surface area (Å²) < 4.78 is 5.28. The van der Waals surface area contributed by atoms with Crippen molar-refractivity contribution in [2.24, 2.45) is 0 Å². The lowest BCUT2D eigenvalue weighted by Gasteiger charge is -2.05. The summed E-state index contributed by atoms with van der Waals surface area (Å²) in [5, 5.41) is 9.44. The van der Waals surface area contributed by atoms with Gasteiger partial charge in [-0.3, -0.25) is 0 Å². The van der Waals surface area contributed by atoms with Gasteiger partial charge in [0.15, 0.2) is 5.76 Å². The maximum atomic E-state index is 11.8. The predicted octanol–water partition coefficient (Wildman–Crippen LogP) is 3.66. The molecule has 0 radical (unpaired) electrons. The number of nitrogens with one attached hydrogen (secondary N) is 2. The Morgan fingerprint density at radius 1 is 1.00 bits per heavy atom. The Morgan fingerprint density at radius 2 is 1.68 bits per heavy atom. The minimum absolute atomic E-state index is 0.282. The molecule has 0 bridgehead atoms. The average molecular weight is 293 g/mol. The first-order valence-electron chi connectivity index (χ1n) is 6.92. The Labute approximate surface area is 128 Å². The van der Waals surface area contributed by atoms with Crippen molar-refractivity contribution in [1.29, 1.82) is 0 Å². The number of amides is 2. The number of anilines is 1. The number of para-hydroxylation sites is 1. The van der Waals surface area contributed by atoms with Crippen LogP contribution < -0.4 is 10.6 Å². The minimum Gasteiger partial charge on any atom is -0.356 e. The Hall–Kier alpha value is -3.08. The molecule has 0 spiro atoms. The summed E-state index contributed by atoms with van der Waals surface area (Å²) >= 11 is 0. The summed E-state index contributed by atoms with van der Waals surface area (Å²) in [5.74, 6) is 0.681. The highest BCUT2D eigenvalue weighted by atomic mass is 16.5. The van der Waals surface area contributed by atoms with Crippen LogP contribution in [-0.4, -0.2) is 11.2 Å². The van der Waals surface area contributed by atoms with E-state index >= 15 is 0 Å². The van der Waals surface area contributed by atoms with Gasteiger partial charge >= 0.3 is 6.03 Å². The lowest BCUT2D eigenvalue weighted by atomic mass is 10.2. The molecule has 110 valence electrons. The highest BCUT2D eigenvalue weighted by Crippen LogP contribution is 2.19. The van der Waals surface area contributed by atoms with Crippen molar-refractivity contribution in [3.05, 3.63) is 72.4 Å². The molecule has 2 amide bonds. The van der Waals surface area contributed by atoms with Gasteiger partial charge in [0, 0.05) is 17.3 Å². The van der Waals surface area contributed by atoms with Crippen molar-refractivity contribution in [1.82, 2.24) is 10.5 Å². The van der Waals surface area contributed by atoms with Crippen molar-refractivity contribution in [2.75, 3.05) is 5.32 Å². The summed E-state index contributed by atoms with van der Waals surface area (Å²) in [7, 11) is 0. The number of aromatic nitrogens is 1. The van der Waals surface area contributed by atoms with Crippen molar-refractivity contribution >= 4 is 11.7 Å². The van der Waals surface area contributed by atoms with E-state index in [2.05, 4.69) is 15.8 Å². The number of urea groups is 1. The largest absolute Gasteiger partial charge is 0.356 e. The van der Waals surface area contributed by atoms with Crippen LogP contribution in [0.3, 0.4) is 0 Å². The van der Waals surface area contributed by atoms with Crippen LogP contribution in [0.1, 0.15) is 5.69 Å². The molecule has 3 rings (SSSR count). The van der Waals surface area contributed by atoms with E-state index in [0.717, 1.165) is 11.3 Å². The van der Waals surface area contributed by atoms with Crippen LogP contribution in [0.2, 0.25) is 0 Å². The van der Waals surface area contributed by atoms with E-state index in [1.165, 1.54) is 0 Å². The topological polar surface area (TPSA) is 67.2 Å². The smallest absolute Gasteiger partial charge is 0.319 e. The zero-order valence-corrected chi connectivity index (χ0v) is 11.8. The summed E-state index contributed by atoms with van der Waals surface area (Å²) in [6, 6.07) is 20.5. The quantitative estimate of drug-likeness (QED) is 0.771. The molecule has 22 heavy (non-hydrogen) atoms.